The molecule has 0 saturated carbocycles. The topological polar surface area (TPSA) is 38.0 Å². The summed E-state index contributed by atoms with van der Waals surface area (Å²) >= 11 is 3.59. The zero-order valence-electron chi connectivity index (χ0n) is 12.2. The van der Waals surface area contributed by atoms with Gasteiger partial charge in [0.05, 0.1) is 0 Å². The molecule has 0 aliphatic carbocycles. The second-order valence-electron chi connectivity index (χ2n) is 5.23. The van der Waals surface area contributed by atoms with E-state index < -0.39 is 0 Å². The number of unbranched alkanes of at least 4 members (excludes halogenated alkanes) is 5. The maximum atomic E-state index is 5.72. The van der Waals surface area contributed by atoms with Crippen molar-refractivity contribution in [3.8, 4) is 0 Å². The minimum atomic E-state index is 0.267. The van der Waals surface area contributed by atoms with E-state index in [1.54, 1.807) is 0 Å². The van der Waals surface area contributed by atoms with E-state index in [0.29, 0.717) is 0 Å². The largest absolute Gasteiger partial charge is 0.271 e. The molecule has 1 unspecified atom stereocenters. The summed E-state index contributed by atoms with van der Waals surface area (Å²) in [7, 11) is 0. The second-order valence-corrected chi connectivity index (χ2v) is 6.08. The van der Waals surface area contributed by atoms with E-state index in [2.05, 4.69) is 53.4 Å². The molecule has 0 aliphatic heterocycles. The Labute approximate surface area is 126 Å². The molecular formula is C16H27BrN2. The highest BCUT2D eigenvalue weighted by atomic mass is 79.9. The Morgan fingerprint density at radius 3 is 2.53 bits per heavy atom. The van der Waals surface area contributed by atoms with Gasteiger partial charge in [0.15, 0.2) is 0 Å². The van der Waals surface area contributed by atoms with Gasteiger partial charge in [0.2, 0.25) is 0 Å². The lowest BCUT2D eigenvalue weighted by atomic mass is 9.96. The summed E-state index contributed by atoms with van der Waals surface area (Å²) in [5.41, 5.74) is 5.57. The quantitative estimate of drug-likeness (QED) is 0.380. The van der Waals surface area contributed by atoms with Crippen LogP contribution in [0.3, 0.4) is 0 Å². The maximum Gasteiger partial charge on any atom is 0.0463 e. The van der Waals surface area contributed by atoms with Crippen molar-refractivity contribution >= 4 is 15.9 Å². The third-order valence-electron chi connectivity index (χ3n) is 3.73. The van der Waals surface area contributed by atoms with Crippen LogP contribution in [0, 0.1) is 6.92 Å². The monoisotopic (exact) mass is 326 g/mol. The number of rotatable bonds is 9. The van der Waals surface area contributed by atoms with Gasteiger partial charge >= 0.3 is 0 Å². The lowest BCUT2D eigenvalue weighted by Gasteiger charge is -2.19. The van der Waals surface area contributed by atoms with Gasteiger partial charge in [-0.1, -0.05) is 73.5 Å². The number of hydrazine groups is 1. The number of hydrogen-bond acceptors (Lipinski definition) is 2. The Kier molecular flexibility index (Phi) is 8.35. The maximum absolute atomic E-state index is 5.72. The SMILES string of the molecule is CCCCCCCCC(NN)c1cccc(Br)c1C. The van der Waals surface area contributed by atoms with Crippen molar-refractivity contribution in [3.63, 3.8) is 0 Å². The Morgan fingerprint density at radius 1 is 1.16 bits per heavy atom. The third-order valence-corrected chi connectivity index (χ3v) is 4.59. The first-order valence-corrected chi connectivity index (χ1v) is 8.21. The highest BCUT2D eigenvalue weighted by Crippen LogP contribution is 2.27. The number of halogens is 1. The predicted octanol–water partition coefficient (Wildman–Crippen LogP) is 5.01. The number of nitrogens with one attached hydrogen (secondary N) is 1. The highest BCUT2D eigenvalue weighted by Gasteiger charge is 2.12. The molecule has 0 heterocycles. The molecule has 0 bridgehead atoms. The van der Waals surface area contributed by atoms with Crippen LogP contribution < -0.4 is 11.3 Å². The van der Waals surface area contributed by atoms with E-state index in [1.807, 2.05) is 0 Å². The molecule has 1 atom stereocenters. The summed E-state index contributed by atoms with van der Waals surface area (Å²) in [4.78, 5) is 0. The Balaban J connectivity index is 2.43. The van der Waals surface area contributed by atoms with Gasteiger partial charge in [-0.15, -0.1) is 0 Å². The van der Waals surface area contributed by atoms with Gasteiger partial charge in [0, 0.05) is 10.5 Å². The van der Waals surface area contributed by atoms with Crippen LogP contribution >= 0.6 is 15.9 Å². The zero-order valence-corrected chi connectivity index (χ0v) is 13.8. The molecule has 0 aliphatic rings. The van der Waals surface area contributed by atoms with Gasteiger partial charge in [-0.3, -0.25) is 11.3 Å². The average molecular weight is 327 g/mol. The molecule has 0 radical (unpaired) electrons. The lowest BCUT2D eigenvalue weighted by molar-refractivity contribution is 0.475. The zero-order chi connectivity index (χ0) is 14.1. The van der Waals surface area contributed by atoms with Crippen LogP contribution in [-0.2, 0) is 0 Å². The minimum absolute atomic E-state index is 0.267. The van der Waals surface area contributed by atoms with Crippen LogP contribution in [0.1, 0.15) is 69.0 Å². The van der Waals surface area contributed by atoms with Crippen LogP contribution in [0.15, 0.2) is 22.7 Å². The van der Waals surface area contributed by atoms with E-state index in [-0.39, 0.29) is 6.04 Å². The summed E-state index contributed by atoms with van der Waals surface area (Å²) in [6, 6.07) is 6.60. The summed E-state index contributed by atoms with van der Waals surface area (Å²) in [6.45, 7) is 4.40. The molecule has 1 aromatic rings. The Morgan fingerprint density at radius 2 is 1.84 bits per heavy atom. The summed E-state index contributed by atoms with van der Waals surface area (Å²) in [5.74, 6) is 5.72. The lowest BCUT2D eigenvalue weighted by Crippen LogP contribution is -2.28. The van der Waals surface area contributed by atoms with Crippen molar-refractivity contribution < 1.29 is 0 Å². The summed E-state index contributed by atoms with van der Waals surface area (Å²) in [6.07, 6.45) is 9.05. The molecule has 3 heteroatoms. The number of benzene rings is 1. The van der Waals surface area contributed by atoms with Crippen LogP contribution in [-0.4, -0.2) is 0 Å². The predicted molar refractivity (Wildman–Crippen MR) is 86.9 cm³/mol. The molecule has 0 fully saturated rings. The highest BCUT2D eigenvalue weighted by molar-refractivity contribution is 9.10. The van der Waals surface area contributed by atoms with Crippen molar-refractivity contribution in [1.29, 1.82) is 0 Å². The van der Waals surface area contributed by atoms with Gasteiger partial charge < -0.3 is 0 Å². The fraction of sp³-hybridized carbons (Fsp3) is 0.625. The van der Waals surface area contributed by atoms with Crippen molar-refractivity contribution in [2.75, 3.05) is 0 Å². The third kappa shape index (κ3) is 5.64. The molecule has 1 rings (SSSR count). The summed E-state index contributed by atoms with van der Waals surface area (Å²) < 4.78 is 1.16. The number of nitrogens with two attached hydrogens (primary N) is 1. The van der Waals surface area contributed by atoms with Crippen molar-refractivity contribution in [3.05, 3.63) is 33.8 Å². The first-order valence-electron chi connectivity index (χ1n) is 7.41. The molecule has 3 N–H and O–H groups in total. The van der Waals surface area contributed by atoms with Gasteiger partial charge in [-0.25, -0.2) is 0 Å². The fourth-order valence-corrected chi connectivity index (χ4v) is 2.84. The molecule has 0 saturated heterocycles. The first kappa shape index (κ1) is 16.7. The van der Waals surface area contributed by atoms with Crippen LogP contribution in [0.2, 0.25) is 0 Å². The van der Waals surface area contributed by atoms with E-state index >= 15 is 0 Å². The van der Waals surface area contributed by atoms with Crippen LogP contribution in [0.4, 0.5) is 0 Å². The molecule has 2 nitrogen and oxygen atoms in total. The smallest absolute Gasteiger partial charge is 0.0463 e. The molecular weight excluding hydrogens is 300 g/mol. The Hall–Kier alpha value is -0.380. The molecule has 0 amide bonds. The molecule has 0 aromatic heterocycles. The summed E-state index contributed by atoms with van der Waals surface area (Å²) in [5, 5.41) is 0. The standard InChI is InChI=1S/C16H27BrN2/c1-3-4-5-6-7-8-12-16(19-18)14-10-9-11-15(17)13(14)2/h9-11,16,19H,3-8,12,18H2,1-2H3. The van der Waals surface area contributed by atoms with Gasteiger partial charge in [0.25, 0.3) is 0 Å². The Bertz CT molecular complexity index is 366. The van der Waals surface area contributed by atoms with Crippen molar-refractivity contribution in [2.24, 2.45) is 5.84 Å². The molecule has 108 valence electrons. The minimum Gasteiger partial charge on any atom is -0.271 e. The van der Waals surface area contributed by atoms with Gasteiger partial charge in [0.1, 0.15) is 0 Å². The van der Waals surface area contributed by atoms with E-state index in [9.17, 15) is 0 Å². The molecule has 1 aromatic carbocycles. The van der Waals surface area contributed by atoms with Crippen molar-refractivity contribution in [1.82, 2.24) is 5.43 Å². The molecule has 19 heavy (non-hydrogen) atoms. The van der Waals surface area contributed by atoms with Gasteiger partial charge in [-0.05, 0) is 30.5 Å². The van der Waals surface area contributed by atoms with Crippen molar-refractivity contribution in [2.45, 2.75) is 64.8 Å². The van der Waals surface area contributed by atoms with Gasteiger partial charge in [-0.2, -0.15) is 0 Å². The van der Waals surface area contributed by atoms with E-state index in [4.69, 9.17) is 5.84 Å². The molecule has 0 spiro atoms. The van der Waals surface area contributed by atoms with Crippen LogP contribution in [0.25, 0.3) is 0 Å². The average Bonchev–Trinajstić information content (AvgIpc) is 2.42. The first-order chi connectivity index (χ1) is 9.20. The normalized spacial score (nSPS) is 12.6. The number of hydrogen-bond donors (Lipinski definition) is 2. The van der Waals surface area contributed by atoms with E-state index in [0.717, 1.165) is 10.9 Å². The fourth-order valence-electron chi connectivity index (χ4n) is 2.46. The second kappa shape index (κ2) is 9.51. The van der Waals surface area contributed by atoms with Crippen LogP contribution in [0.5, 0.6) is 0 Å². The van der Waals surface area contributed by atoms with E-state index in [1.165, 1.54) is 49.7 Å².